The fourth-order valence-corrected chi connectivity index (χ4v) is 4.45. The van der Waals surface area contributed by atoms with E-state index < -0.39 is 23.7 Å². The number of allylic oxidation sites excluding steroid dienone is 1. The Morgan fingerprint density at radius 2 is 2.07 bits per heavy atom. The number of carbonyl (C=O) groups is 2. The molecule has 2 saturated heterocycles. The lowest BCUT2D eigenvalue weighted by Crippen LogP contribution is -2.56. The molecule has 6 atom stereocenters. The molecule has 1 N–H and O–H groups in total. The lowest BCUT2D eigenvalue weighted by molar-refractivity contribution is -0.124. The minimum Gasteiger partial charge on any atom is -0.443 e. The summed E-state index contributed by atoms with van der Waals surface area (Å²) in [6.45, 7) is 6.87. The second-order valence-electron chi connectivity index (χ2n) is 8.00. The van der Waals surface area contributed by atoms with Crippen LogP contribution in [0.2, 0.25) is 0 Å². The summed E-state index contributed by atoms with van der Waals surface area (Å²) >= 11 is 5.42. The Labute approximate surface area is 164 Å². The standard InChI is InChI=1S/C19H28ClNO6/c1-11(2)5-6-13-18(3,27-13)16-15(24-4)12(7-8-19(16)10-25-19)26-17(23)21-14(22)9-20/h5,12-13,15-16H,6-10H2,1-4H3,(H,21,22,23)/t12?,13-,15?,16?,18?,19+/m1/s1. The zero-order valence-electron chi connectivity index (χ0n) is 16.2. The van der Waals surface area contributed by atoms with Crippen LogP contribution in [-0.4, -0.2) is 61.1 Å². The van der Waals surface area contributed by atoms with E-state index in [2.05, 4.69) is 32.2 Å². The van der Waals surface area contributed by atoms with Gasteiger partial charge in [-0.1, -0.05) is 11.6 Å². The summed E-state index contributed by atoms with van der Waals surface area (Å²) < 4.78 is 23.2. The average molecular weight is 402 g/mol. The SMILES string of the molecule is COC1C(OC(=O)NC(=O)CCl)CC[C@]2(CO2)C1C1(C)O[C@@H]1CC=C(C)C. The van der Waals surface area contributed by atoms with Crippen molar-refractivity contribution in [3.05, 3.63) is 11.6 Å². The van der Waals surface area contributed by atoms with Crippen LogP contribution in [-0.2, 0) is 23.7 Å². The third-order valence-electron chi connectivity index (χ3n) is 5.86. The maximum Gasteiger partial charge on any atom is 0.414 e. The summed E-state index contributed by atoms with van der Waals surface area (Å²) in [6, 6.07) is 0. The van der Waals surface area contributed by atoms with Crippen molar-refractivity contribution in [1.29, 1.82) is 0 Å². The number of rotatable bonds is 6. The molecule has 4 unspecified atom stereocenters. The molecule has 0 radical (unpaired) electrons. The Morgan fingerprint density at radius 3 is 2.63 bits per heavy atom. The van der Waals surface area contributed by atoms with Crippen LogP contribution in [0.25, 0.3) is 0 Å². The van der Waals surface area contributed by atoms with Crippen molar-refractivity contribution in [1.82, 2.24) is 5.32 Å². The van der Waals surface area contributed by atoms with E-state index >= 15 is 0 Å². The lowest BCUT2D eigenvalue weighted by Gasteiger charge is -2.42. The van der Waals surface area contributed by atoms with E-state index in [9.17, 15) is 9.59 Å². The minimum absolute atomic E-state index is 0.0548. The summed E-state index contributed by atoms with van der Waals surface area (Å²) in [6.07, 6.45) is 2.78. The number of hydrogen-bond donors (Lipinski definition) is 1. The zero-order valence-corrected chi connectivity index (χ0v) is 17.0. The molecule has 2 amide bonds. The fourth-order valence-electron chi connectivity index (χ4n) is 4.38. The van der Waals surface area contributed by atoms with Crippen LogP contribution in [0.1, 0.15) is 40.0 Å². The molecule has 0 aromatic heterocycles. The van der Waals surface area contributed by atoms with E-state index in [1.54, 1.807) is 7.11 Å². The molecule has 1 spiro atoms. The summed E-state index contributed by atoms with van der Waals surface area (Å²) in [4.78, 5) is 23.3. The number of alkyl carbamates (subject to hydrolysis) is 1. The molecule has 8 heteroatoms. The fraction of sp³-hybridized carbons (Fsp3) is 0.789. The van der Waals surface area contributed by atoms with Crippen molar-refractivity contribution in [3.63, 3.8) is 0 Å². The van der Waals surface area contributed by atoms with E-state index in [1.807, 2.05) is 0 Å². The predicted octanol–water partition coefficient (Wildman–Crippen LogP) is 2.55. The van der Waals surface area contributed by atoms with Crippen LogP contribution in [0.3, 0.4) is 0 Å². The molecule has 1 saturated carbocycles. The van der Waals surface area contributed by atoms with Crippen molar-refractivity contribution >= 4 is 23.6 Å². The Hall–Kier alpha value is -1.15. The number of methoxy groups -OCH3 is 1. The van der Waals surface area contributed by atoms with Crippen LogP contribution >= 0.6 is 11.6 Å². The van der Waals surface area contributed by atoms with Gasteiger partial charge in [0.25, 0.3) is 0 Å². The second kappa shape index (κ2) is 7.70. The number of alkyl halides is 1. The first-order valence-electron chi connectivity index (χ1n) is 9.30. The van der Waals surface area contributed by atoms with Gasteiger partial charge >= 0.3 is 6.09 Å². The van der Waals surface area contributed by atoms with Gasteiger partial charge in [0, 0.05) is 7.11 Å². The van der Waals surface area contributed by atoms with E-state index in [0.29, 0.717) is 13.0 Å². The van der Waals surface area contributed by atoms with Crippen LogP contribution in [0.4, 0.5) is 4.79 Å². The maximum absolute atomic E-state index is 12.0. The van der Waals surface area contributed by atoms with Gasteiger partial charge in [0.05, 0.1) is 18.6 Å². The molecule has 0 aromatic rings. The lowest BCUT2D eigenvalue weighted by atomic mass is 9.68. The molecular weight excluding hydrogens is 374 g/mol. The van der Waals surface area contributed by atoms with Crippen LogP contribution < -0.4 is 5.32 Å². The summed E-state index contributed by atoms with van der Waals surface area (Å²) in [5.41, 5.74) is 0.574. The van der Waals surface area contributed by atoms with Crippen molar-refractivity contribution in [3.8, 4) is 0 Å². The molecule has 0 bridgehead atoms. The first-order valence-corrected chi connectivity index (χ1v) is 9.83. The zero-order chi connectivity index (χ0) is 19.8. The van der Waals surface area contributed by atoms with Crippen molar-refractivity contribution in [2.75, 3.05) is 19.6 Å². The number of epoxide rings is 2. The van der Waals surface area contributed by atoms with Gasteiger partial charge in [-0.05, 0) is 40.0 Å². The number of halogens is 1. The van der Waals surface area contributed by atoms with Crippen molar-refractivity contribution < 1.29 is 28.5 Å². The molecule has 2 heterocycles. The molecule has 1 aliphatic carbocycles. The molecule has 27 heavy (non-hydrogen) atoms. The summed E-state index contributed by atoms with van der Waals surface area (Å²) in [7, 11) is 1.61. The van der Waals surface area contributed by atoms with Gasteiger partial charge < -0.3 is 18.9 Å². The Bertz CT molecular complexity index is 630. The van der Waals surface area contributed by atoms with Crippen molar-refractivity contribution in [2.24, 2.45) is 5.92 Å². The molecule has 3 rings (SSSR count). The topological polar surface area (TPSA) is 89.7 Å². The Kier molecular flexibility index (Phi) is 5.87. The van der Waals surface area contributed by atoms with Gasteiger partial charge in [0.15, 0.2) is 0 Å². The molecule has 152 valence electrons. The van der Waals surface area contributed by atoms with Crippen LogP contribution in [0.5, 0.6) is 0 Å². The van der Waals surface area contributed by atoms with Crippen LogP contribution in [0.15, 0.2) is 11.6 Å². The molecule has 7 nitrogen and oxygen atoms in total. The molecule has 3 aliphatic rings. The first-order chi connectivity index (χ1) is 12.8. The Morgan fingerprint density at radius 1 is 1.37 bits per heavy atom. The number of imide groups is 1. The monoisotopic (exact) mass is 401 g/mol. The number of ether oxygens (including phenoxy) is 4. The van der Waals surface area contributed by atoms with Gasteiger partial charge in [0.2, 0.25) is 5.91 Å². The second-order valence-corrected chi connectivity index (χ2v) is 8.27. The molecule has 2 aliphatic heterocycles. The molecule has 0 aromatic carbocycles. The van der Waals surface area contributed by atoms with E-state index in [-0.39, 0.29) is 29.6 Å². The maximum atomic E-state index is 12.0. The number of hydrogen-bond acceptors (Lipinski definition) is 6. The highest BCUT2D eigenvalue weighted by molar-refractivity contribution is 6.28. The van der Waals surface area contributed by atoms with Crippen molar-refractivity contribution in [2.45, 2.75) is 69.5 Å². The smallest absolute Gasteiger partial charge is 0.414 e. The average Bonchev–Trinajstić information content (AvgIpc) is 3.52. The summed E-state index contributed by atoms with van der Waals surface area (Å²) in [5, 5.41) is 2.11. The quantitative estimate of drug-likeness (QED) is 0.418. The van der Waals surface area contributed by atoms with E-state index in [1.165, 1.54) is 5.57 Å². The molecular formula is C19H28ClNO6. The minimum atomic E-state index is -0.804. The van der Waals surface area contributed by atoms with Gasteiger partial charge in [-0.3, -0.25) is 10.1 Å². The highest BCUT2D eigenvalue weighted by Crippen LogP contribution is 2.59. The van der Waals surface area contributed by atoms with Crippen LogP contribution in [0, 0.1) is 5.92 Å². The predicted molar refractivity (Wildman–Crippen MR) is 98.7 cm³/mol. The first kappa shape index (κ1) is 20.6. The van der Waals surface area contributed by atoms with E-state index in [4.69, 9.17) is 30.5 Å². The van der Waals surface area contributed by atoms with E-state index in [0.717, 1.165) is 12.8 Å². The third kappa shape index (κ3) is 4.16. The highest BCUT2D eigenvalue weighted by atomic mass is 35.5. The van der Waals surface area contributed by atoms with Gasteiger partial charge in [-0.15, -0.1) is 11.6 Å². The normalized spacial score (nSPS) is 39.6. The Balaban J connectivity index is 1.73. The van der Waals surface area contributed by atoms with Gasteiger partial charge in [-0.25, -0.2) is 4.79 Å². The third-order valence-corrected chi connectivity index (χ3v) is 6.10. The largest absolute Gasteiger partial charge is 0.443 e. The summed E-state index contributed by atoms with van der Waals surface area (Å²) in [5.74, 6) is -0.949. The number of carbonyl (C=O) groups excluding carboxylic acids is 2. The van der Waals surface area contributed by atoms with Gasteiger partial charge in [0.1, 0.15) is 29.3 Å². The highest BCUT2D eigenvalue weighted by Gasteiger charge is 2.72. The number of amides is 2. The van der Waals surface area contributed by atoms with Gasteiger partial charge in [-0.2, -0.15) is 0 Å². The molecule has 3 fully saturated rings. The number of nitrogens with one attached hydrogen (secondary N) is 1.